The molecular formula is C15H16N4S. The van der Waals surface area contributed by atoms with Crippen LogP contribution in [0.25, 0.3) is 0 Å². The number of hydrogen-bond acceptors (Lipinski definition) is 5. The van der Waals surface area contributed by atoms with Crippen LogP contribution >= 0.6 is 11.3 Å². The molecule has 0 radical (unpaired) electrons. The Balaban J connectivity index is 1.98. The van der Waals surface area contributed by atoms with Crippen molar-refractivity contribution in [1.29, 1.82) is 5.26 Å². The molecule has 1 atom stereocenters. The van der Waals surface area contributed by atoms with E-state index in [1.807, 2.05) is 31.3 Å². The van der Waals surface area contributed by atoms with Gasteiger partial charge in [-0.2, -0.15) is 5.26 Å². The summed E-state index contributed by atoms with van der Waals surface area (Å²) >= 11 is 1.58. The van der Waals surface area contributed by atoms with Crippen molar-refractivity contribution >= 4 is 16.5 Å². The molecule has 0 amide bonds. The third kappa shape index (κ3) is 2.07. The van der Waals surface area contributed by atoms with E-state index in [-0.39, 0.29) is 5.54 Å². The molecule has 3 N–H and O–H groups in total. The Morgan fingerprint density at radius 1 is 1.40 bits per heavy atom. The van der Waals surface area contributed by atoms with Crippen LogP contribution in [0.2, 0.25) is 0 Å². The average molecular weight is 284 g/mol. The quantitative estimate of drug-likeness (QED) is 0.886. The van der Waals surface area contributed by atoms with Gasteiger partial charge < -0.3 is 11.1 Å². The summed E-state index contributed by atoms with van der Waals surface area (Å²) < 4.78 is 0. The molecule has 1 heterocycles. The van der Waals surface area contributed by atoms with Gasteiger partial charge in [0.25, 0.3) is 0 Å². The van der Waals surface area contributed by atoms with Crippen molar-refractivity contribution in [1.82, 2.24) is 10.3 Å². The van der Waals surface area contributed by atoms with Gasteiger partial charge in [-0.05, 0) is 37.6 Å². The number of fused-ring (bicyclic) bond motifs is 1. The molecule has 0 aliphatic heterocycles. The third-order valence-electron chi connectivity index (χ3n) is 4.09. The highest BCUT2D eigenvalue weighted by Gasteiger charge is 2.36. The number of aromatic nitrogens is 1. The van der Waals surface area contributed by atoms with Crippen LogP contribution in [0.4, 0.5) is 5.13 Å². The predicted molar refractivity (Wildman–Crippen MR) is 80.4 cm³/mol. The minimum Gasteiger partial charge on any atom is -0.375 e. The lowest BCUT2D eigenvalue weighted by atomic mass is 9.78. The molecular weight excluding hydrogens is 268 g/mol. The summed E-state index contributed by atoms with van der Waals surface area (Å²) in [7, 11) is 1.99. The van der Waals surface area contributed by atoms with Crippen molar-refractivity contribution in [3.05, 3.63) is 46.0 Å². The second kappa shape index (κ2) is 4.89. The van der Waals surface area contributed by atoms with E-state index in [1.54, 1.807) is 11.3 Å². The maximum Gasteiger partial charge on any atom is 0.180 e. The maximum atomic E-state index is 8.91. The molecule has 1 unspecified atom stereocenters. The number of nitrogens with two attached hydrogens (primary N) is 1. The van der Waals surface area contributed by atoms with Gasteiger partial charge in [-0.15, -0.1) is 11.3 Å². The van der Waals surface area contributed by atoms with Crippen LogP contribution < -0.4 is 11.1 Å². The molecule has 1 aromatic carbocycles. The minimum atomic E-state index is -0.0834. The van der Waals surface area contributed by atoms with E-state index in [4.69, 9.17) is 11.0 Å². The van der Waals surface area contributed by atoms with Crippen LogP contribution in [0.15, 0.2) is 24.3 Å². The predicted octanol–water partition coefficient (Wildman–Crippen LogP) is 2.20. The van der Waals surface area contributed by atoms with Gasteiger partial charge in [0.05, 0.1) is 17.3 Å². The first-order valence-corrected chi connectivity index (χ1v) is 7.42. The Bertz CT molecular complexity index is 668. The molecule has 1 aromatic heterocycles. The Morgan fingerprint density at radius 2 is 2.15 bits per heavy atom. The normalized spacial score (nSPS) is 21.2. The molecule has 20 heavy (non-hydrogen) atoms. The van der Waals surface area contributed by atoms with E-state index in [0.29, 0.717) is 10.7 Å². The number of anilines is 1. The van der Waals surface area contributed by atoms with Crippen LogP contribution in [0.1, 0.15) is 28.1 Å². The van der Waals surface area contributed by atoms with Crippen molar-refractivity contribution in [3.63, 3.8) is 0 Å². The molecule has 3 rings (SSSR count). The van der Waals surface area contributed by atoms with Gasteiger partial charge in [0.15, 0.2) is 5.13 Å². The van der Waals surface area contributed by atoms with Crippen LogP contribution in [-0.2, 0) is 18.4 Å². The number of hydrogen-bond donors (Lipinski definition) is 2. The van der Waals surface area contributed by atoms with Crippen molar-refractivity contribution in [3.8, 4) is 6.07 Å². The second-order valence-corrected chi connectivity index (χ2v) is 6.24. The third-order valence-corrected chi connectivity index (χ3v) is 5.02. The van der Waals surface area contributed by atoms with Crippen LogP contribution in [0, 0.1) is 11.3 Å². The van der Waals surface area contributed by atoms with E-state index in [0.717, 1.165) is 25.0 Å². The minimum absolute atomic E-state index is 0.0834. The number of thiazole rings is 1. The van der Waals surface area contributed by atoms with E-state index >= 15 is 0 Å². The number of benzene rings is 1. The first-order chi connectivity index (χ1) is 9.66. The van der Waals surface area contributed by atoms with Crippen LogP contribution in [0.3, 0.4) is 0 Å². The van der Waals surface area contributed by atoms with Crippen molar-refractivity contribution in [2.45, 2.75) is 24.8 Å². The van der Waals surface area contributed by atoms with E-state index in [2.05, 4.69) is 16.4 Å². The molecule has 0 saturated heterocycles. The summed E-state index contributed by atoms with van der Waals surface area (Å²) in [6.45, 7) is 0. The van der Waals surface area contributed by atoms with Gasteiger partial charge in [0.1, 0.15) is 0 Å². The van der Waals surface area contributed by atoms with E-state index in [1.165, 1.54) is 10.4 Å². The fraction of sp³-hybridized carbons (Fsp3) is 0.333. The zero-order chi connectivity index (χ0) is 14.2. The van der Waals surface area contributed by atoms with Gasteiger partial charge in [0.2, 0.25) is 0 Å². The Hall–Kier alpha value is -1.90. The van der Waals surface area contributed by atoms with Gasteiger partial charge in [0, 0.05) is 16.8 Å². The Labute approximate surface area is 122 Å². The summed E-state index contributed by atoms with van der Waals surface area (Å²) in [4.78, 5) is 5.67. The van der Waals surface area contributed by atoms with Gasteiger partial charge in [-0.25, -0.2) is 4.98 Å². The fourth-order valence-corrected chi connectivity index (χ4v) is 3.89. The number of nitrogens with one attached hydrogen (secondary N) is 1. The number of likely N-dealkylation sites (N-methyl/N-ethyl adjacent to an activating group) is 1. The second-order valence-electron chi connectivity index (χ2n) is 5.12. The van der Waals surface area contributed by atoms with E-state index < -0.39 is 0 Å². The highest BCUT2D eigenvalue weighted by Crippen LogP contribution is 2.39. The van der Waals surface area contributed by atoms with Gasteiger partial charge in [-0.3, -0.25) is 0 Å². The highest BCUT2D eigenvalue weighted by atomic mass is 32.1. The summed E-state index contributed by atoms with van der Waals surface area (Å²) in [5.74, 6) is 0. The largest absolute Gasteiger partial charge is 0.375 e. The van der Waals surface area contributed by atoms with E-state index in [9.17, 15) is 0 Å². The Kier molecular flexibility index (Phi) is 3.20. The molecule has 1 aliphatic carbocycles. The molecule has 1 aliphatic rings. The first kappa shape index (κ1) is 13.1. The lowest BCUT2D eigenvalue weighted by molar-refractivity contribution is 0.316. The molecule has 0 spiro atoms. The van der Waals surface area contributed by atoms with Crippen molar-refractivity contribution < 1.29 is 0 Å². The first-order valence-electron chi connectivity index (χ1n) is 6.60. The number of aryl methyl sites for hydroxylation is 1. The van der Waals surface area contributed by atoms with Gasteiger partial charge in [-0.1, -0.05) is 12.1 Å². The molecule has 0 fully saturated rings. The van der Waals surface area contributed by atoms with Crippen LogP contribution in [0.5, 0.6) is 0 Å². The van der Waals surface area contributed by atoms with Gasteiger partial charge >= 0.3 is 0 Å². The molecule has 0 bridgehead atoms. The lowest BCUT2D eigenvalue weighted by Crippen LogP contribution is -2.44. The topological polar surface area (TPSA) is 74.7 Å². The zero-order valence-corrected chi connectivity index (χ0v) is 12.1. The summed E-state index contributed by atoms with van der Waals surface area (Å²) in [5.41, 5.74) is 8.79. The molecule has 4 nitrogen and oxygen atoms in total. The maximum absolute atomic E-state index is 8.91. The zero-order valence-electron chi connectivity index (χ0n) is 11.3. The molecule has 2 aromatic rings. The number of rotatable bonds is 2. The average Bonchev–Trinajstić information content (AvgIpc) is 2.86. The number of nitriles is 1. The Morgan fingerprint density at radius 3 is 2.80 bits per heavy atom. The summed E-state index contributed by atoms with van der Waals surface area (Å²) in [5, 5.41) is 13.0. The molecule has 5 heteroatoms. The number of nitrogen functional groups attached to an aromatic ring is 1. The van der Waals surface area contributed by atoms with Crippen molar-refractivity contribution in [2.24, 2.45) is 0 Å². The highest BCUT2D eigenvalue weighted by molar-refractivity contribution is 7.15. The SMILES string of the molecule is CNC1(c2ccc(C#N)cc2)CCc2nc(N)sc2C1. The molecule has 0 saturated carbocycles. The molecule has 102 valence electrons. The summed E-state index contributed by atoms with van der Waals surface area (Å²) in [6.07, 6.45) is 2.83. The van der Waals surface area contributed by atoms with Crippen LogP contribution in [-0.4, -0.2) is 12.0 Å². The standard InChI is InChI=1S/C15H16N4S/c1-18-15(11-4-2-10(9-16)3-5-11)7-6-12-13(8-15)20-14(17)19-12/h2-5,18H,6-8H2,1H3,(H2,17,19). The summed E-state index contributed by atoms with van der Waals surface area (Å²) in [6, 6.07) is 10.0. The lowest BCUT2D eigenvalue weighted by Gasteiger charge is -2.37. The monoisotopic (exact) mass is 284 g/mol. The number of nitrogens with zero attached hydrogens (tertiary/aromatic N) is 2. The fourth-order valence-electron chi connectivity index (χ4n) is 2.90. The smallest absolute Gasteiger partial charge is 0.180 e. The van der Waals surface area contributed by atoms with Crippen molar-refractivity contribution in [2.75, 3.05) is 12.8 Å².